The molecule has 0 aromatic rings. The Balaban J connectivity index is 5.46. The molecular formula is C87H144O17P2. The van der Waals surface area contributed by atoms with Crippen molar-refractivity contribution in [2.24, 2.45) is 0 Å². The summed E-state index contributed by atoms with van der Waals surface area (Å²) in [5, 5.41) is 10.6. The van der Waals surface area contributed by atoms with Crippen LogP contribution in [0.4, 0.5) is 0 Å². The van der Waals surface area contributed by atoms with Crippen LogP contribution in [0.25, 0.3) is 0 Å². The smallest absolute Gasteiger partial charge is 0.462 e. The average molecular weight is 1520 g/mol. The predicted molar refractivity (Wildman–Crippen MR) is 436 cm³/mol. The molecule has 0 spiro atoms. The van der Waals surface area contributed by atoms with E-state index in [-0.39, 0.29) is 25.7 Å². The van der Waals surface area contributed by atoms with E-state index in [1.807, 2.05) is 12.2 Å². The van der Waals surface area contributed by atoms with Gasteiger partial charge in [0.05, 0.1) is 32.8 Å². The van der Waals surface area contributed by atoms with Crippen LogP contribution in [0.2, 0.25) is 0 Å². The second-order valence-electron chi connectivity index (χ2n) is 26.6. The zero-order valence-corrected chi connectivity index (χ0v) is 67.8. The molecule has 5 atom stereocenters. The van der Waals surface area contributed by atoms with Crippen LogP contribution in [0.5, 0.6) is 0 Å². The van der Waals surface area contributed by atoms with Crippen LogP contribution in [0.1, 0.15) is 310 Å². The van der Waals surface area contributed by atoms with Gasteiger partial charge in [0, 0.05) is 19.3 Å². The number of carbonyl (C=O) groups excluding carboxylic acids is 4. The Morgan fingerprint density at radius 1 is 0.283 bits per heavy atom. The molecule has 0 bridgehead atoms. The molecule has 19 heteroatoms. The molecule has 0 saturated carbocycles. The third-order valence-corrected chi connectivity index (χ3v) is 18.4. The van der Waals surface area contributed by atoms with Gasteiger partial charge in [-0.25, -0.2) is 9.13 Å². The monoisotopic (exact) mass is 1520 g/mol. The van der Waals surface area contributed by atoms with E-state index in [4.69, 9.17) is 37.0 Å². The van der Waals surface area contributed by atoms with Gasteiger partial charge in [-0.3, -0.25) is 37.3 Å². The molecule has 604 valence electrons. The van der Waals surface area contributed by atoms with E-state index < -0.39 is 97.5 Å². The maximum Gasteiger partial charge on any atom is 0.472 e. The normalized spacial score (nSPS) is 14.7. The summed E-state index contributed by atoms with van der Waals surface area (Å²) < 4.78 is 68.5. The molecule has 0 radical (unpaired) electrons. The van der Waals surface area contributed by atoms with E-state index >= 15 is 0 Å². The lowest BCUT2D eigenvalue weighted by Gasteiger charge is -2.21. The minimum Gasteiger partial charge on any atom is -0.462 e. The summed E-state index contributed by atoms with van der Waals surface area (Å²) >= 11 is 0. The lowest BCUT2D eigenvalue weighted by atomic mass is 10.0. The minimum atomic E-state index is -5.01. The van der Waals surface area contributed by atoms with Crippen molar-refractivity contribution in [1.29, 1.82) is 0 Å². The lowest BCUT2D eigenvalue weighted by Crippen LogP contribution is -2.30. The molecule has 0 fully saturated rings. The van der Waals surface area contributed by atoms with Crippen molar-refractivity contribution in [3.05, 3.63) is 158 Å². The molecular weight excluding hydrogens is 1380 g/mol. The van der Waals surface area contributed by atoms with Crippen LogP contribution < -0.4 is 0 Å². The van der Waals surface area contributed by atoms with Crippen LogP contribution in [0.3, 0.4) is 0 Å². The third kappa shape index (κ3) is 76.9. The predicted octanol–water partition coefficient (Wildman–Crippen LogP) is 24.0. The first-order valence-electron chi connectivity index (χ1n) is 40.7. The zero-order chi connectivity index (χ0) is 77.4. The van der Waals surface area contributed by atoms with Crippen LogP contribution in [0, 0.1) is 0 Å². The van der Waals surface area contributed by atoms with Crippen molar-refractivity contribution in [2.75, 3.05) is 39.6 Å². The number of ether oxygens (including phenoxy) is 4. The summed E-state index contributed by atoms with van der Waals surface area (Å²) in [7, 11) is -10.0. The summed E-state index contributed by atoms with van der Waals surface area (Å²) in [6.45, 7) is 4.39. The van der Waals surface area contributed by atoms with Gasteiger partial charge in [0.2, 0.25) is 0 Å². The van der Waals surface area contributed by atoms with Gasteiger partial charge in [0.15, 0.2) is 12.2 Å². The fourth-order valence-corrected chi connectivity index (χ4v) is 12.0. The van der Waals surface area contributed by atoms with Crippen molar-refractivity contribution < 1.29 is 80.2 Å². The van der Waals surface area contributed by atoms with Gasteiger partial charge in [-0.05, 0) is 128 Å². The zero-order valence-electron chi connectivity index (χ0n) is 66.1. The van der Waals surface area contributed by atoms with Crippen molar-refractivity contribution in [2.45, 2.75) is 329 Å². The van der Waals surface area contributed by atoms with Crippen molar-refractivity contribution in [3.8, 4) is 0 Å². The molecule has 0 saturated heterocycles. The summed E-state index contributed by atoms with van der Waals surface area (Å²) in [5.41, 5.74) is 0. The lowest BCUT2D eigenvalue weighted by molar-refractivity contribution is -0.161. The van der Waals surface area contributed by atoms with E-state index in [1.165, 1.54) is 64.2 Å². The number of phosphoric ester groups is 2. The average Bonchev–Trinajstić information content (AvgIpc) is 0.909. The molecule has 0 rings (SSSR count). The number of rotatable bonds is 75. The third-order valence-electron chi connectivity index (χ3n) is 16.5. The quantitative estimate of drug-likeness (QED) is 0.0169. The molecule has 0 heterocycles. The van der Waals surface area contributed by atoms with Crippen LogP contribution in [-0.2, 0) is 65.4 Å². The Labute approximate surface area is 642 Å². The summed E-state index contributed by atoms with van der Waals surface area (Å²) in [5.74, 6) is -2.37. The molecule has 0 aliphatic carbocycles. The molecule has 0 aromatic carbocycles. The van der Waals surface area contributed by atoms with Gasteiger partial charge < -0.3 is 33.8 Å². The number of esters is 4. The number of hydrogen-bond donors (Lipinski definition) is 3. The fraction of sp³-hybridized carbons (Fsp3) is 0.655. The summed E-state index contributed by atoms with van der Waals surface area (Å²) in [6.07, 6.45) is 91.1. The van der Waals surface area contributed by atoms with E-state index in [2.05, 4.69) is 161 Å². The summed E-state index contributed by atoms with van der Waals surface area (Å²) in [4.78, 5) is 73.0. The second-order valence-corrected chi connectivity index (χ2v) is 29.5. The topological polar surface area (TPSA) is 237 Å². The van der Waals surface area contributed by atoms with Crippen molar-refractivity contribution in [3.63, 3.8) is 0 Å². The van der Waals surface area contributed by atoms with Crippen LogP contribution >= 0.6 is 15.6 Å². The molecule has 0 aliphatic rings. The first kappa shape index (κ1) is 101. The number of unbranched alkanes of at least 4 members (excludes halogenated alkanes) is 24. The number of phosphoric acid groups is 2. The van der Waals surface area contributed by atoms with Gasteiger partial charge in [0.1, 0.15) is 19.3 Å². The van der Waals surface area contributed by atoms with Crippen molar-refractivity contribution >= 4 is 39.5 Å². The van der Waals surface area contributed by atoms with Gasteiger partial charge in [-0.1, -0.05) is 314 Å². The first-order chi connectivity index (χ1) is 51.7. The largest absolute Gasteiger partial charge is 0.472 e. The maximum atomic E-state index is 13.1. The second kappa shape index (κ2) is 77.8. The van der Waals surface area contributed by atoms with Gasteiger partial charge in [0.25, 0.3) is 0 Å². The molecule has 3 N–H and O–H groups in total. The van der Waals surface area contributed by atoms with Gasteiger partial charge in [-0.2, -0.15) is 0 Å². The Morgan fingerprint density at radius 3 is 0.849 bits per heavy atom. The highest BCUT2D eigenvalue weighted by Crippen LogP contribution is 2.45. The van der Waals surface area contributed by atoms with Crippen LogP contribution in [0.15, 0.2) is 158 Å². The number of hydrogen-bond acceptors (Lipinski definition) is 15. The van der Waals surface area contributed by atoms with E-state index in [9.17, 15) is 43.2 Å². The number of aliphatic hydroxyl groups is 1. The fourth-order valence-electron chi connectivity index (χ4n) is 10.5. The molecule has 0 aromatic heterocycles. The van der Waals surface area contributed by atoms with E-state index in [0.717, 1.165) is 167 Å². The number of aliphatic hydroxyl groups excluding tert-OH is 1. The number of allylic oxidation sites excluding steroid dienone is 25. The Kier molecular flexibility index (Phi) is 73.9. The standard InChI is InChI=1S/C87H144O17P2/c1-5-9-13-17-21-25-29-33-37-39-40-42-46-48-52-56-60-64-68-72-85(90)98-78-83(104-87(92)74-70-66-62-58-54-50-44-36-32-28-24-20-16-12-8-4)80-102-106(95,96)100-76-81(88)75-99-105(93,94)101-79-82(103-86(91)73-69-65-61-57-53-49-43-35-31-27-23-19-15-11-7-3)77-97-84(89)71-67-63-59-55-51-47-45-41-38-34-30-26-22-18-14-10-6-2/h9-11,13-15,21-23,25-27,33-35,37-38,40,42-43,48,52-53,57,65,69,81-83,88H,5-8,12,16-20,24,28-32,36,39,41,44-47,49-51,54-56,58-64,66-68,70-80H2,1-4H3,(H,93,94)(H,95,96)/b13-9-,14-10-,15-11-,25-21-,26-22-,27-23-,37-33-,38-34-,42-40-,43-35-,52-48-,57-53-,69-65-. The SMILES string of the molecule is CC/C=C\C/C=C\C/C=C\C/C=C\C/C=C\CCCCCC(=O)OCC(COP(=O)(O)OCC(O)COP(=O)(O)OCC(COC(=O)CCCCCCCCC/C=C\C/C=C\C/C=C\CC)OC(=O)C/C=C\C/C=C\C/C=C\C/C=C\C/C=C\CC)OC(=O)CCCCCCCCCCCCCCCCC. The molecule has 0 aliphatic heterocycles. The van der Waals surface area contributed by atoms with Gasteiger partial charge in [-0.15, -0.1) is 0 Å². The summed E-state index contributed by atoms with van der Waals surface area (Å²) in [6, 6.07) is 0. The van der Waals surface area contributed by atoms with E-state index in [1.54, 1.807) is 12.2 Å². The molecule has 106 heavy (non-hydrogen) atoms. The highest BCUT2D eigenvalue weighted by atomic mass is 31.2. The highest BCUT2D eigenvalue weighted by Gasteiger charge is 2.30. The Hall–Kier alpha value is -5.32. The molecule has 0 amide bonds. The first-order valence-corrected chi connectivity index (χ1v) is 43.7. The maximum absolute atomic E-state index is 13.1. The highest BCUT2D eigenvalue weighted by molar-refractivity contribution is 7.47. The van der Waals surface area contributed by atoms with Crippen molar-refractivity contribution in [1.82, 2.24) is 0 Å². The Bertz CT molecular complexity index is 2630. The number of carbonyl (C=O) groups is 4. The van der Waals surface area contributed by atoms with Gasteiger partial charge >= 0.3 is 39.5 Å². The molecule has 5 unspecified atom stereocenters. The van der Waals surface area contributed by atoms with Crippen LogP contribution in [-0.4, -0.2) is 96.7 Å². The Morgan fingerprint density at radius 2 is 0.528 bits per heavy atom. The molecule has 17 nitrogen and oxygen atoms in total. The minimum absolute atomic E-state index is 0.0836. The van der Waals surface area contributed by atoms with E-state index in [0.29, 0.717) is 25.7 Å².